The summed E-state index contributed by atoms with van der Waals surface area (Å²) in [5, 5.41) is 1.94. The predicted octanol–water partition coefficient (Wildman–Crippen LogP) is -2.30. The standard InChI is InChI=1S/C19H28F5N3O5.ClH/c1-8(2)13(25)17(31)27-7-11(32-10(5)28)6-12(27)16(30)26-14(9(3)4)15(29)18(20,21)19(22,23)24;/h8-9,11-14H,6-7,25H2,1-5H3,(H,26,30);1H/t11-,12+,13+,14?;/m1./s1. The molecule has 8 nitrogen and oxygen atoms in total. The van der Waals surface area contributed by atoms with Gasteiger partial charge in [0.25, 0.3) is 5.91 Å². The van der Waals surface area contributed by atoms with Crippen LogP contribution in [0.15, 0.2) is 0 Å². The minimum absolute atomic E-state index is 0. The number of esters is 1. The zero-order valence-electron chi connectivity index (χ0n) is 18.8. The highest BCUT2D eigenvalue weighted by Crippen LogP contribution is 2.37. The average molecular weight is 510 g/mol. The second-order valence-corrected chi connectivity index (χ2v) is 8.49. The smallest absolute Gasteiger partial charge is 0.461 e. The molecule has 0 saturated carbocycles. The van der Waals surface area contributed by atoms with E-state index in [1.54, 1.807) is 13.8 Å². The minimum atomic E-state index is -6.13. The molecule has 1 saturated heterocycles. The van der Waals surface area contributed by atoms with Gasteiger partial charge < -0.3 is 33.1 Å². The molecule has 0 aromatic heterocycles. The Morgan fingerprint density at radius 2 is 1.55 bits per heavy atom. The topological polar surface area (TPSA) is 120 Å². The second-order valence-electron chi connectivity index (χ2n) is 8.49. The lowest BCUT2D eigenvalue weighted by molar-refractivity contribution is -0.416. The number of hydrogen-bond acceptors (Lipinski definition) is 5. The van der Waals surface area contributed by atoms with Gasteiger partial charge in [0.05, 0.1) is 12.6 Å². The molecule has 0 radical (unpaired) electrons. The second kappa shape index (κ2) is 11.4. The molecule has 4 N–H and O–H groups in total. The lowest BCUT2D eigenvalue weighted by Crippen LogP contribution is -3.00. The summed E-state index contributed by atoms with van der Waals surface area (Å²) < 4.78 is 70.2. The molecule has 0 bridgehead atoms. The van der Waals surface area contributed by atoms with Crippen LogP contribution < -0.4 is 23.5 Å². The summed E-state index contributed by atoms with van der Waals surface area (Å²) in [6.07, 6.45) is -7.23. The van der Waals surface area contributed by atoms with Crippen molar-refractivity contribution in [2.75, 3.05) is 6.54 Å². The van der Waals surface area contributed by atoms with Gasteiger partial charge in [-0.25, -0.2) is 0 Å². The number of likely N-dealkylation sites (tertiary alicyclic amines) is 1. The molecule has 1 aliphatic heterocycles. The van der Waals surface area contributed by atoms with Gasteiger partial charge in [-0.1, -0.05) is 27.7 Å². The maximum Gasteiger partial charge on any atom is 0.461 e. The van der Waals surface area contributed by atoms with Gasteiger partial charge in [0.15, 0.2) is 6.04 Å². The maximum absolute atomic E-state index is 13.6. The molecule has 1 rings (SSSR count). The van der Waals surface area contributed by atoms with Crippen molar-refractivity contribution in [1.29, 1.82) is 0 Å². The largest absolute Gasteiger partial charge is 1.00 e. The van der Waals surface area contributed by atoms with Gasteiger partial charge in [-0.3, -0.25) is 19.2 Å². The number of rotatable bonds is 8. The van der Waals surface area contributed by atoms with E-state index < -0.39 is 65.8 Å². The summed E-state index contributed by atoms with van der Waals surface area (Å²) in [6.45, 7) is 6.73. The fourth-order valence-corrected chi connectivity index (χ4v) is 3.23. The summed E-state index contributed by atoms with van der Waals surface area (Å²) in [5.41, 5.74) is 3.73. The van der Waals surface area contributed by atoms with Gasteiger partial charge in [0.1, 0.15) is 12.1 Å². The van der Waals surface area contributed by atoms with Crippen molar-refractivity contribution in [3.8, 4) is 0 Å². The lowest BCUT2D eigenvalue weighted by atomic mass is 9.95. The van der Waals surface area contributed by atoms with Crippen LogP contribution in [0.25, 0.3) is 0 Å². The first kappa shape index (κ1) is 31.0. The van der Waals surface area contributed by atoms with Crippen molar-refractivity contribution in [2.24, 2.45) is 11.8 Å². The molecule has 0 spiro atoms. The van der Waals surface area contributed by atoms with E-state index in [9.17, 15) is 41.1 Å². The normalized spacial score (nSPS) is 20.8. The van der Waals surface area contributed by atoms with Crippen molar-refractivity contribution in [1.82, 2.24) is 10.2 Å². The van der Waals surface area contributed by atoms with Crippen molar-refractivity contribution in [3.63, 3.8) is 0 Å². The zero-order valence-corrected chi connectivity index (χ0v) is 19.6. The molecule has 0 aliphatic carbocycles. The van der Waals surface area contributed by atoms with Crippen molar-refractivity contribution in [3.05, 3.63) is 0 Å². The third kappa shape index (κ3) is 7.23. The number of nitrogens with one attached hydrogen (secondary N) is 1. The van der Waals surface area contributed by atoms with E-state index in [2.05, 4.69) is 5.73 Å². The Labute approximate surface area is 194 Å². The first-order valence-corrected chi connectivity index (χ1v) is 10.0. The van der Waals surface area contributed by atoms with E-state index in [1.165, 1.54) is 13.8 Å². The average Bonchev–Trinajstić information content (AvgIpc) is 3.05. The van der Waals surface area contributed by atoms with Crippen LogP contribution in [-0.2, 0) is 23.9 Å². The van der Waals surface area contributed by atoms with E-state index in [0.29, 0.717) is 0 Å². The fraction of sp³-hybridized carbons (Fsp3) is 0.789. The van der Waals surface area contributed by atoms with Gasteiger partial charge in [0, 0.05) is 19.3 Å². The maximum atomic E-state index is 13.6. The Hall–Kier alpha value is -2.02. The quantitative estimate of drug-likeness (QED) is 0.282. The van der Waals surface area contributed by atoms with Crippen molar-refractivity contribution in [2.45, 2.75) is 77.4 Å². The van der Waals surface area contributed by atoms with Crippen molar-refractivity contribution >= 4 is 23.6 Å². The number of quaternary nitrogens is 1. The highest BCUT2D eigenvalue weighted by molar-refractivity contribution is 5.97. The summed E-state index contributed by atoms with van der Waals surface area (Å²) in [4.78, 5) is 49.9. The van der Waals surface area contributed by atoms with Gasteiger partial charge in [-0.05, 0) is 5.92 Å². The summed E-state index contributed by atoms with van der Waals surface area (Å²) in [7, 11) is 0. The Bertz CT molecular complexity index is 748. The summed E-state index contributed by atoms with van der Waals surface area (Å²) in [5.74, 6) is -11.9. The zero-order chi connectivity index (χ0) is 25.2. The SMILES string of the molecule is CC(=O)O[C@@H]1C[C@@H](C(=O)NC(C(=O)C(F)(F)C(F)(F)F)C(C)C)N(C(=O)[C@@H]([NH3+])C(C)C)C1.[Cl-]. The van der Waals surface area contributed by atoms with Crippen LogP contribution in [0.1, 0.15) is 41.0 Å². The number of alkyl halides is 5. The van der Waals surface area contributed by atoms with Crippen LogP contribution >= 0.6 is 0 Å². The van der Waals surface area contributed by atoms with Crippen LogP contribution in [0.2, 0.25) is 0 Å². The first-order valence-electron chi connectivity index (χ1n) is 10.0. The third-order valence-electron chi connectivity index (χ3n) is 5.22. The number of carbonyl (C=O) groups is 4. The highest BCUT2D eigenvalue weighted by atomic mass is 35.5. The van der Waals surface area contributed by atoms with E-state index in [4.69, 9.17) is 4.74 Å². The predicted molar refractivity (Wildman–Crippen MR) is 100.0 cm³/mol. The molecular formula is C19H29ClF5N3O5. The van der Waals surface area contributed by atoms with E-state index >= 15 is 0 Å². The molecule has 14 heteroatoms. The molecule has 0 aromatic carbocycles. The van der Waals surface area contributed by atoms with Gasteiger partial charge in [0.2, 0.25) is 11.7 Å². The fourth-order valence-electron chi connectivity index (χ4n) is 3.23. The van der Waals surface area contributed by atoms with Crippen LogP contribution in [0.3, 0.4) is 0 Å². The number of ketones is 1. The Kier molecular flexibility index (Phi) is 10.7. The van der Waals surface area contributed by atoms with E-state index in [1.807, 2.05) is 5.32 Å². The molecule has 0 aromatic rings. The van der Waals surface area contributed by atoms with E-state index in [0.717, 1.165) is 11.8 Å². The van der Waals surface area contributed by atoms with Gasteiger partial charge in [-0.2, -0.15) is 22.0 Å². The third-order valence-corrected chi connectivity index (χ3v) is 5.22. The van der Waals surface area contributed by atoms with Crippen LogP contribution in [0.4, 0.5) is 22.0 Å². The molecule has 4 atom stereocenters. The number of hydrogen-bond donors (Lipinski definition) is 2. The van der Waals surface area contributed by atoms with Gasteiger partial charge >= 0.3 is 18.1 Å². The van der Waals surface area contributed by atoms with Crippen LogP contribution in [0.5, 0.6) is 0 Å². The van der Waals surface area contributed by atoms with E-state index in [-0.39, 0.29) is 31.3 Å². The number of amides is 2. The van der Waals surface area contributed by atoms with Gasteiger partial charge in [-0.15, -0.1) is 0 Å². The Balaban J connectivity index is 0.0000102. The number of ether oxygens (including phenoxy) is 1. The van der Waals surface area contributed by atoms with Crippen LogP contribution in [0, 0.1) is 11.8 Å². The number of nitrogens with zero attached hydrogens (tertiary/aromatic N) is 1. The highest BCUT2D eigenvalue weighted by Gasteiger charge is 2.65. The van der Waals surface area contributed by atoms with Crippen LogP contribution in [-0.4, -0.2) is 71.3 Å². The Morgan fingerprint density at radius 1 is 1.03 bits per heavy atom. The summed E-state index contributed by atoms with van der Waals surface area (Å²) in [6, 6.07) is -4.30. The monoisotopic (exact) mass is 509 g/mol. The molecule has 2 amide bonds. The molecular weight excluding hydrogens is 481 g/mol. The molecule has 192 valence electrons. The molecule has 1 aliphatic rings. The molecule has 1 fully saturated rings. The number of carbonyl (C=O) groups excluding carboxylic acids is 4. The number of halogens is 6. The Morgan fingerprint density at radius 3 is 1.94 bits per heavy atom. The number of Topliss-reactive ketones (excluding diaryl/α,β-unsaturated/α-hetero) is 1. The summed E-state index contributed by atoms with van der Waals surface area (Å²) >= 11 is 0. The molecule has 33 heavy (non-hydrogen) atoms. The van der Waals surface area contributed by atoms with Crippen molar-refractivity contribution < 1.29 is 64.0 Å². The lowest BCUT2D eigenvalue weighted by Gasteiger charge is -2.30. The minimum Gasteiger partial charge on any atom is -1.00 e. The molecule has 1 unspecified atom stereocenters. The molecule has 1 heterocycles. The first-order chi connectivity index (χ1) is 14.4.